The molecule has 5 rings (SSSR count). The first-order valence-electron chi connectivity index (χ1n) is 12.4. The molecule has 4 nitrogen and oxygen atoms in total. The zero-order chi connectivity index (χ0) is 21.8. The Balaban J connectivity index is 1.15. The maximum atomic E-state index is 4.67. The molecule has 3 aromatic rings. The summed E-state index contributed by atoms with van der Waals surface area (Å²) in [4.78, 5) is 7.36. The summed E-state index contributed by atoms with van der Waals surface area (Å²) in [5, 5.41) is 6.03. The number of rotatable bonds is 7. The predicted molar refractivity (Wildman–Crippen MR) is 136 cm³/mol. The lowest BCUT2D eigenvalue weighted by Gasteiger charge is -2.26. The molecular formula is C27H36N4S. The van der Waals surface area contributed by atoms with Crippen molar-refractivity contribution in [3.05, 3.63) is 54.0 Å². The van der Waals surface area contributed by atoms with Crippen molar-refractivity contribution in [2.45, 2.75) is 62.8 Å². The van der Waals surface area contributed by atoms with Crippen molar-refractivity contribution >= 4 is 28.2 Å². The van der Waals surface area contributed by atoms with E-state index in [1.807, 2.05) is 11.8 Å². The molecule has 0 radical (unpaired) electrons. The van der Waals surface area contributed by atoms with Crippen molar-refractivity contribution in [3.8, 4) is 0 Å². The van der Waals surface area contributed by atoms with E-state index in [0.29, 0.717) is 0 Å². The molecule has 170 valence electrons. The molecule has 1 aromatic carbocycles. The minimum atomic E-state index is 0.826. The minimum Gasteiger partial charge on any atom is -0.361 e. The molecule has 0 atom stereocenters. The third kappa shape index (κ3) is 5.15. The summed E-state index contributed by atoms with van der Waals surface area (Å²) >= 11 is 1.81. The van der Waals surface area contributed by atoms with E-state index in [-0.39, 0.29) is 0 Å². The molecule has 0 saturated heterocycles. The van der Waals surface area contributed by atoms with Crippen LogP contribution in [0.3, 0.4) is 0 Å². The van der Waals surface area contributed by atoms with Crippen molar-refractivity contribution in [1.29, 1.82) is 0 Å². The maximum absolute atomic E-state index is 4.67. The SMILES string of the molecule is CSc1ccc2[nH]cc(C3=CCN(CCc4cnn(CC5CCCCCC5)c4)CC3)c2c1. The van der Waals surface area contributed by atoms with Gasteiger partial charge in [0.2, 0.25) is 0 Å². The normalized spacial score (nSPS) is 18.7. The van der Waals surface area contributed by atoms with Crippen molar-refractivity contribution < 1.29 is 0 Å². The summed E-state index contributed by atoms with van der Waals surface area (Å²) in [7, 11) is 0. The Kier molecular flexibility index (Phi) is 7.03. The molecule has 2 aromatic heterocycles. The Hall–Kier alpha value is -1.98. The first-order valence-corrected chi connectivity index (χ1v) is 13.6. The highest BCUT2D eigenvalue weighted by molar-refractivity contribution is 7.98. The molecule has 1 saturated carbocycles. The number of nitrogens with one attached hydrogen (secondary N) is 1. The first-order chi connectivity index (χ1) is 15.8. The van der Waals surface area contributed by atoms with Crippen LogP contribution in [0.2, 0.25) is 0 Å². The van der Waals surface area contributed by atoms with Gasteiger partial charge in [-0.15, -0.1) is 11.8 Å². The van der Waals surface area contributed by atoms with Crippen LogP contribution in [0, 0.1) is 5.92 Å². The second kappa shape index (κ2) is 10.3. The lowest BCUT2D eigenvalue weighted by molar-refractivity contribution is 0.306. The van der Waals surface area contributed by atoms with Crippen LogP contribution in [0.25, 0.3) is 16.5 Å². The molecule has 0 bridgehead atoms. The van der Waals surface area contributed by atoms with Gasteiger partial charge in [0.25, 0.3) is 0 Å². The van der Waals surface area contributed by atoms with Gasteiger partial charge in [0.15, 0.2) is 0 Å². The lowest BCUT2D eigenvalue weighted by Crippen LogP contribution is -2.30. The van der Waals surface area contributed by atoms with Crippen LogP contribution in [0.1, 0.15) is 56.1 Å². The van der Waals surface area contributed by atoms with Crippen LogP contribution in [-0.4, -0.2) is 45.6 Å². The Labute approximate surface area is 196 Å². The van der Waals surface area contributed by atoms with Gasteiger partial charge >= 0.3 is 0 Å². The molecule has 1 aliphatic heterocycles. The van der Waals surface area contributed by atoms with Crippen LogP contribution in [0.4, 0.5) is 0 Å². The number of benzene rings is 1. The van der Waals surface area contributed by atoms with Gasteiger partial charge in [-0.05, 0) is 67.2 Å². The fourth-order valence-corrected chi connectivity index (χ4v) is 5.82. The van der Waals surface area contributed by atoms with Gasteiger partial charge in [0, 0.05) is 59.9 Å². The summed E-state index contributed by atoms with van der Waals surface area (Å²) in [6.45, 7) is 4.40. The number of hydrogen-bond donors (Lipinski definition) is 1. The zero-order valence-corrected chi connectivity index (χ0v) is 20.2. The summed E-state index contributed by atoms with van der Waals surface area (Å²) in [5.74, 6) is 0.826. The van der Waals surface area contributed by atoms with Gasteiger partial charge < -0.3 is 4.98 Å². The van der Waals surface area contributed by atoms with Gasteiger partial charge in [-0.25, -0.2) is 0 Å². The Morgan fingerprint density at radius 3 is 2.81 bits per heavy atom. The predicted octanol–water partition coefficient (Wildman–Crippen LogP) is 6.39. The minimum absolute atomic E-state index is 0.826. The lowest BCUT2D eigenvalue weighted by atomic mass is 9.99. The molecule has 1 aliphatic carbocycles. The molecule has 1 fully saturated rings. The topological polar surface area (TPSA) is 36.9 Å². The van der Waals surface area contributed by atoms with Crippen LogP contribution < -0.4 is 0 Å². The molecular weight excluding hydrogens is 412 g/mol. The van der Waals surface area contributed by atoms with Gasteiger partial charge in [0.05, 0.1) is 6.20 Å². The highest BCUT2D eigenvalue weighted by atomic mass is 32.2. The van der Waals surface area contributed by atoms with Crippen LogP contribution in [0.15, 0.2) is 47.8 Å². The van der Waals surface area contributed by atoms with Crippen molar-refractivity contribution in [2.75, 3.05) is 25.9 Å². The highest BCUT2D eigenvalue weighted by Gasteiger charge is 2.17. The smallest absolute Gasteiger partial charge is 0.0522 e. The van der Waals surface area contributed by atoms with E-state index < -0.39 is 0 Å². The molecule has 5 heteroatoms. The molecule has 32 heavy (non-hydrogen) atoms. The Morgan fingerprint density at radius 2 is 2.03 bits per heavy atom. The number of thioether (sulfide) groups is 1. The molecule has 3 heterocycles. The van der Waals surface area contributed by atoms with Gasteiger partial charge in [0.1, 0.15) is 0 Å². The monoisotopic (exact) mass is 448 g/mol. The van der Waals surface area contributed by atoms with E-state index >= 15 is 0 Å². The summed E-state index contributed by atoms with van der Waals surface area (Å²) in [5.41, 5.74) is 5.49. The highest BCUT2D eigenvalue weighted by Crippen LogP contribution is 2.31. The average molecular weight is 449 g/mol. The third-order valence-corrected chi connectivity index (χ3v) is 8.08. The van der Waals surface area contributed by atoms with Crippen LogP contribution in [0.5, 0.6) is 0 Å². The summed E-state index contributed by atoms with van der Waals surface area (Å²) < 4.78 is 2.21. The van der Waals surface area contributed by atoms with E-state index in [1.165, 1.54) is 71.0 Å². The second-order valence-corrected chi connectivity index (χ2v) is 10.5. The van der Waals surface area contributed by atoms with E-state index in [1.54, 1.807) is 0 Å². The van der Waals surface area contributed by atoms with Gasteiger partial charge in [-0.2, -0.15) is 5.10 Å². The molecule has 0 spiro atoms. The quantitative estimate of drug-likeness (QED) is 0.336. The Morgan fingerprint density at radius 1 is 1.16 bits per heavy atom. The van der Waals surface area contributed by atoms with Crippen molar-refractivity contribution in [2.24, 2.45) is 5.92 Å². The number of nitrogens with zero attached hydrogens (tertiary/aromatic N) is 3. The van der Waals surface area contributed by atoms with Gasteiger partial charge in [-0.1, -0.05) is 31.8 Å². The first kappa shape index (κ1) is 21.8. The number of aromatic nitrogens is 3. The second-order valence-electron chi connectivity index (χ2n) is 9.57. The maximum Gasteiger partial charge on any atom is 0.0522 e. The summed E-state index contributed by atoms with van der Waals surface area (Å²) in [6, 6.07) is 6.73. The Bertz CT molecular complexity index is 1050. The van der Waals surface area contributed by atoms with Crippen LogP contribution >= 0.6 is 11.8 Å². The molecule has 1 N–H and O–H groups in total. The van der Waals surface area contributed by atoms with Crippen LogP contribution in [-0.2, 0) is 13.0 Å². The number of hydrogen-bond acceptors (Lipinski definition) is 3. The van der Waals surface area contributed by atoms with Gasteiger partial charge in [-0.3, -0.25) is 9.58 Å². The third-order valence-electron chi connectivity index (χ3n) is 7.35. The molecule has 0 amide bonds. The number of fused-ring (bicyclic) bond motifs is 1. The van der Waals surface area contributed by atoms with Crippen molar-refractivity contribution in [3.63, 3.8) is 0 Å². The van der Waals surface area contributed by atoms with E-state index in [9.17, 15) is 0 Å². The largest absolute Gasteiger partial charge is 0.361 e. The molecule has 0 unspecified atom stereocenters. The van der Waals surface area contributed by atoms with E-state index in [2.05, 4.69) is 68.8 Å². The van der Waals surface area contributed by atoms with E-state index in [0.717, 1.165) is 44.9 Å². The number of aromatic amines is 1. The van der Waals surface area contributed by atoms with Crippen molar-refractivity contribution in [1.82, 2.24) is 19.7 Å². The fourth-order valence-electron chi connectivity index (χ4n) is 5.38. The number of H-pyrrole nitrogens is 1. The zero-order valence-electron chi connectivity index (χ0n) is 19.4. The average Bonchev–Trinajstić information content (AvgIpc) is 3.37. The molecule has 2 aliphatic rings. The summed E-state index contributed by atoms with van der Waals surface area (Å²) in [6.07, 6.45) is 21.8. The fraction of sp³-hybridized carbons (Fsp3) is 0.519. The van der Waals surface area contributed by atoms with E-state index in [4.69, 9.17) is 0 Å². The standard InChI is InChI=1S/C27H36N4S/c1-32-24-8-9-27-25(16-24)26(18-28-27)23-11-14-30(15-12-23)13-10-22-17-29-31(20-22)19-21-6-4-2-3-5-7-21/h8-9,11,16-18,20-21,28H,2-7,10,12-15,19H2,1H3.